The number of aliphatic hydroxyl groups is 1. The smallest absolute Gasteiger partial charge is 0.243 e. The predicted molar refractivity (Wildman–Crippen MR) is 66.5 cm³/mol. The quantitative estimate of drug-likeness (QED) is 0.836. The molecule has 6 nitrogen and oxygen atoms in total. The van der Waals surface area contributed by atoms with E-state index in [9.17, 15) is 5.11 Å². The molecule has 0 amide bonds. The fraction of sp³-hybridized carbons (Fsp3) is 0.500. The third-order valence-corrected chi connectivity index (χ3v) is 3.24. The van der Waals surface area contributed by atoms with Crippen LogP contribution in [0.1, 0.15) is 12.8 Å². The zero-order valence-corrected chi connectivity index (χ0v) is 10.0. The van der Waals surface area contributed by atoms with Gasteiger partial charge in [-0.1, -0.05) is 6.07 Å². The van der Waals surface area contributed by atoms with Crippen LogP contribution in [-0.2, 0) is 4.74 Å². The lowest BCUT2D eigenvalue weighted by Gasteiger charge is -2.31. The summed E-state index contributed by atoms with van der Waals surface area (Å²) in [5.41, 5.74) is 0.0781. The van der Waals surface area contributed by atoms with E-state index in [2.05, 4.69) is 15.4 Å². The van der Waals surface area contributed by atoms with Gasteiger partial charge in [0.25, 0.3) is 0 Å². The van der Waals surface area contributed by atoms with Crippen molar-refractivity contribution in [2.75, 3.05) is 25.1 Å². The van der Waals surface area contributed by atoms with Gasteiger partial charge in [-0.05, 0) is 12.1 Å². The maximum Gasteiger partial charge on any atom is 0.243 e. The molecule has 1 saturated heterocycles. The van der Waals surface area contributed by atoms with Gasteiger partial charge >= 0.3 is 0 Å². The molecule has 2 N–H and O–H groups in total. The molecular weight excluding hydrogens is 232 g/mol. The number of ether oxygens (including phenoxy) is 1. The summed E-state index contributed by atoms with van der Waals surface area (Å²) in [5, 5.41) is 17.7. The molecule has 0 aliphatic carbocycles. The van der Waals surface area contributed by atoms with Crippen LogP contribution in [0.15, 0.2) is 24.4 Å². The topological polar surface area (TPSA) is 71.7 Å². The van der Waals surface area contributed by atoms with Gasteiger partial charge in [0.1, 0.15) is 0 Å². The molecule has 0 saturated carbocycles. The monoisotopic (exact) mass is 248 g/mol. The van der Waals surface area contributed by atoms with Gasteiger partial charge in [-0.25, -0.2) is 4.52 Å². The van der Waals surface area contributed by atoms with Crippen molar-refractivity contribution in [1.29, 1.82) is 0 Å². The number of hydrogen-bond acceptors (Lipinski definition) is 5. The molecule has 1 aliphatic heterocycles. The van der Waals surface area contributed by atoms with Crippen LogP contribution in [0.5, 0.6) is 0 Å². The van der Waals surface area contributed by atoms with E-state index in [0.717, 1.165) is 5.65 Å². The molecule has 0 aromatic carbocycles. The first-order valence-electron chi connectivity index (χ1n) is 6.11. The van der Waals surface area contributed by atoms with Crippen LogP contribution in [0, 0.1) is 0 Å². The molecule has 0 bridgehead atoms. The molecule has 1 aliphatic rings. The van der Waals surface area contributed by atoms with Gasteiger partial charge in [0, 0.05) is 38.8 Å². The fourth-order valence-electron chi connectivity index (χ4n) is 2.08. The average molecular weight is 248 g/mol. The number of aromatic nitrogens is 3. The van der Waals surface area contributed by atoms with Gasteiger partial charge in [-0.3, -0.25) is 0 Å². The first-order valence-corrected chi connectivity index (χ1v) is 6.11. The van der Waals surface area contributed by atoms with Crippen molar-refractivity contribution in [3.05, 3.63) is 24.4 Å². The summed E-state index contributed by atoms with van der Waals surface area (Å²) in [6.07, 6.45) is 3.14. The van der Waals surface area contributed by atoms with Crippen molar-refractivity contribution in [3.63, 3.8) is 0 Å². The minimum absolute atomic E-state index is 0.452. The molecule has 6 heteroatoms. The molecule has 18 heavy (non-hydrogen) atoms. The summed E-state index contributed by atoms with van der Waals surface area (Å²) in [6, 6.07) is 5.71. The maximum atomic E-state index is 10.3. The third-order valence-electron chi connectivity index (χ3n) is 3.24. The highest BCUT2D eigenvalue weighted by atomic mass is 16.5. The standard InChI is InChI=1S/C12H16N4O2/c17-12(4-7-18-8-5-12)9-13-11-14-10-3-1-2-6-16(10)15-11/h1-3,6,17H,4-5,7-9H2,(H,13,15). The van der Waals surface area contributed by atoms with E-state index >= 15 is 0 Å². The lowest BCUT2D eigenvalue weighted by Crippen LogP contribution is -2.42. The van der Waals surface area contributed by atoms with E-state index in [1.54, 1.807) is 4.52 Å². The molecule has 0 spiro atoms. The van der Waals surface area contributed by atoms with E-state index in [4.69, 9.17) is 4.74 Å². The molecule has 0 atom stereocenters. The molecule has 96 valence electrons. The molecule has 3 rings (SSSR count). The Bertz CT molecular complexity index is 501. The van der Waals surface area contributed by atoms with Crippen molar-refractivity contribution in [3.8, 4) is 0 Å². The first-order chi connectivity index (χ1) is 8.75. The first kappa shape index (κ1) is 11.4. The lowest BCUT2D eigenvalue weighted by molar-refractivity contribution is -0.0544. The molecule has 1 fully saturated rings. The Hall–Kier alpha value is -1.66. The SMILES string of the molecule is OC1(CNc2nc3ccccn3n2)CCOCC1. The molecule has 0 radical (unpaired) electrons. The Labute approximate surface area is 105 Å². The second-order valence-electron chi connectivity index (χ2n) is 4.63. The van der Waals surface area contributed by atoms with Crippen molar-refractivity contribution in [2.24, 2.45) is 0 Å². The minimum atomic E-state index is -0.713. The highest BCUT2D eigenvalue weighted by molar-refractivity contribution is 5.42. The van der Waals surface area contributed by atoms with Crippen molar-refractivity contribution in [2.45, 2.75) is 18.4 Å². The van der Waals surface area contributed by atoms with Gasteiger partial charge in [0.15, 0.2) is 5.65 Å². The van der Waals surface area contributed by atoms with Crippen molar-refractivity contribution in [1.82, 2.24) is 14.6 Å². The highest BCUT2D eigenvalue weighted by Gasteiger charge is 2.29. The Kier molecular flexibility index (Phi) is 2.89. The van der Waals surface area contributed by atoms with Crippen LogP contribution < -0.4 is 5.32 Å². The lowest BCUT2D eigenvalue weighted by atomic mass is 9.94. The van der Waals surface area contributed by atoms with Gasteiger partial charge in [-0.2, -0.15) is 4.98 Å². The summed E-state index contributed by atoms with van der Waals surface area (Å²) >= 11 is 0. The molecule has 2 aromatic heterocycles. The van der Waals surface area contributed by atoms with Gasteiger partial charge < -0.3 is 15.2 Å². The maximum absolute atomic E-state index is 10.3. The molecule has 0 unspecified atom stereocenters. The predicted octanol–water partition coefficient (Wildman–Crippen LogP) is 0.683. The summed E-state index contributed by atoms with van der Waals surface area (Å²) in [4.78, 5) is 4.33. The van der Waals surface area contributed by atoms with Crippen LogP contribution >= 0.6 is 0 Å². The summed E-state index contributed by atoms with van der Waals surface area (Å²) in [5.74, 6) is 0.543. The zero-order valence-electron chi connectivity index (χ0n) is 10.0. The Morgan fingerprint density at radius 2 is 2.22 bits per heavy atom. The number of anilines is 1. The van der Waals surface area contributed by atoms with Crippen LogP contribution in [0.2, 0.25) is 0 Å². The van der Waals surface area contributed by atoms with Gasteiger partial charge in [0.05, 0.1) is 5.60 Å². The van der Waals surface area contributed by atoms with Crippen LogP contribution in [0.3, 0.4) is 0 Å². The van der Waals surface area contributed by atoms with Crippen LogP contribution in [0.25, 0.3) is 5.65 Å². The van der Waals surface area contributed by atoms with E-state index < -0.39 is 5.60 Å². The van der Waals surface area contributed by atoms with Crippen molar-refractivity contribution >= 4 is 11.6 Å². The van der Waals surface area contributed by atoms with Gasteiger partial charge in [-0.15, -0.1) is 5.10 Å². The third kappa shape index (κ3) is 2.30. The summed E-state index contributed by atoms with van der Waals surface area (Å²) in [6.45, 7) is 1.67. The minimum Gasteiger partial charge on any atom is -0.388 e. The molecule has 2 aromatic rings. The number of fused-ring (bicyclic) bond motifs is 1. The fourth-order valence-corrected chi connectivity index (χ4v) is 2.08. The number of hydrogen-bond donors (Lipinski definition) is 2. The van der Waals surface area contributed by atoms with Crippen LogP contribution in [0.4, 0.5) is 5.95 Å². The van der Waals surface area contributed by atoms with E-state index in [1.165, 1.54) is 0 Å². The molecular formula is C12H16N4O2. The summed E-state index contributed by atoms with van der Waals surface area (Å²) < 4.78 is 6.95. The second-order valence-corrected chi connectivity index (χ2v) is 4.63. The van der Waals surface area contributed by atoms with Gasteiger partial charge in [0.2, 0.25) is 5.95 Å². The normalized spacial score (nSPS) is 18.9. The Morgan fingerprint density at radius 3 is 3.00 bits per heavy atom. The van der Waals surface area contributed by atoms with Crippen molar-refractivity contribution < 1.29 is 9.84 Å². The Morgan fingerprint density at radius 1 is 1.39 bits per heavy atom. The number of nitrogens with one attached hydrogen (secondary N) is 1. The van der Waals surface area contributed by atoms with E-state index in [0.29, 0.717) is 38.5 Å². The molecule has 3 heterocycles. The number of rotatable bonds is 3. The zero-order chi connectivity index (χ0) is 12.4. The Balaban J connectivity index is 1.69. The summed E-state index contributed by atoms with van der Waals surface area (Å²) in [7, 11) is 0. The second kappa shape index (κ2) is 4.55. The largest absolute Gasteiger partial charge is 0.388 e. The van der Waals surface area contributed by atoms with E-state index in [-0.39, 0.29) is 0 Å². The average Bonchev–Trinajstić information content (AvgIpc) is 2.80. The highest BCUT2D eigenvalue weighted by Crippen LogP contribution is 2.20. The van der Waals surface area contributed by atoms with Crippen LogP contribution in [-0.4, -0.2) is 45.1 Å². The van der Waals surface area contributed by atoms with E-state index in [1.807, 2.05) is 24.4 Å². The number of nitrogens with zero attached hydrogens (tertiary/aromatic N) is 3. The number of pyridine rings is 1.